The maximum absolute atomic E-state index is 8.74. The van der Waals surface area contributed by atoms with Crippen molar-refractivity contribution in [1.82, 2.24) is 9.97 Å². The number of hydrogen-bond donors (Lipinski definition) is 3. The van der Waals surface area contributed by atoms with Crippen LogP contribution in [-0.2, 0) is 0 Å². The molecule has 0 atom stereocenters. The van der Waals surface area contributed by atoms with Gasteiger partial charge in [0.2, 0.25) is 0 Å². The van der Waals surface area contributed by atoms with Gasteiger partial charge in [-0.2, -0.15) is 0 Å². The third-order valence-corrected chi connectivity index (χ3v) is 3.60. The normalized spacial score (nSPS) is 11.7. The van der Waals surface area contributed by atoms with E-state index in [4.69, 9.17) is 5.11 Å². The second-order valence-corrected chi connectivity index (χ2v) is 5.79. The van der Waals surface area contributed by atoms with E-state index in [1.807, 2.05) is 6.07 Å². The van der Waals surface area contributed by atoms with E-state index in [9.17, 15) is 0 Å². The fraction of sp³-hybridized carbons (Fsp3) is 0.714. The predicted octanol–water partition coefficient (Wildman–Crippen LogP) is 2.37. The summed E-state index contributed by atoms with van der Waals surface area (Å²) in [6, 6.07) is 1.90. The van der Waals surface area contributed by atoms with Gasteiger partial charge >= 0.3 is 0 Å². The summed E-state index contributed by atoms with van der Waals surface area (Å²) in [5, 5.41) is 15.3. The van der Waals surface area contributed by atoms with Crippen molar-refractivity contribution in [2.45, 2.75) is 34.1 Å². The number of nitrogens with one attached hydrogen (secondary N) is 2. The summed E-state index contributed by atoms with van der Waals surface area (Å²) in [6.07, 6.45) is 2.26. The van der Waals surface area contributed by atoms with Crippen LogP contribution >= 0.6 is 0 Å². The molecule has 0 bridgehead atoms. The number of rotatable bonds is 8. The molecule has 0 saturated heterocycles. The van der Waals surface area contributed by atoms with Gasteiger partial charge in [0.05, 0.1) is 0 Å². The Labute approximate surface area is 115 Å². The Bertz CT molecular complexity index is 379. The zero-order valence-electron chi connectivity index (χ0n) is 12.4. The number of anilines is 2. The number of aliphatic hydroxyl groups excluding tert-OH is 1. The first kappa shape index (κ1) is 15.7. The standard InChI is InChI=1S/C14H26N4O/c1-11(2)14(3,4)9-16-13-8-12(17-10-18-13)15-6-5-7-19/h8,10-11,19H,5-7,9H2,1-4H3,(H2,15,16,17,18). The van der Waals surface area contributed by atoms with E-state index in [2.05, 4.69) is 48.3 Å². The van der Waals surface area contributed by atoms with Crippen molar-refractivity contribution in [3.8, 4) is 0 Å². The van der Waals surface area contributed by atoms with Gasteiger partial charge in [0.15, 0.2) is 0 Å². The molecule has 0 unspecified atom stereocenters. The molecule has 0 amide bonds. The molecule has 3 N–H and O–H groups in total. The molecule has 0 aromatic carbocycles. The van der Waals surface area contributed by atoms with Crippen LogP contribution in [0.2, 0.25) is 0 Å². The average molecular weight is 266 g/mol. The summed E-state index contributed by atoms with van der Waals surface area (Å²) in [4.78, 5) is 8.37. The van der Waals surface area contributed by atoms with Crippen molar-refractivity contribution in [1.29, 1.82) is 0 Å². The summed E-state index contributed by atoms with van der Waals surface area (Å²) in [6.45, 7) is 10.7. The maximum Gasteiger partial charge on any atom is 0.131 e. The van der Waals surface area contributed by atoms with Gasteiger partial charge in [0, 0.05) is 25.8 Å². The lowest BCUT2D eigenvalue weighted by atomic mass is 9.81. The lowest BCUT2D eigenvalue weighted by molar-refractivity contribution is 0.269. The molecular weight excluding hydrogens is 240 g/mol. The van der Waals surface area contributed by atoms with Crippen LogP contribution in [0.3, 0.4) is 0 Å². The summed E-state index contributed by atoms with van der Waals surface area (Å²) in [5.41, 5.74) is 0.218. The minimum absolute atomic E-state index is 0.186. The van der Waals surface area contributed by atoms with E-state index >= 15 is 0 Å². The molecule has 5 heteroatoms. The molecule has 1 aromatic heterocycles. The molecule has 19 heavy (non-hydrogen) atoms. The molecule has 5 nitrogen and oxygen atoms in total. The van der Waals surface area contributed by atoms with Crippen LogP contribution in [0, 0.1) is 11.3 Å². The lowest BCUT2D eigenvalue weighted by Gasteiger charge is -2.29. The Morgan fingerprint density at radius 3 is 2.42 bits per heavy atom. The third kappa shape index (κ3) is 5.42. The van der Waals surface area contributed by atoms with Gasteiger partial charge in [-0.1, -0.05) is 27.7 Å². The Morgan fingerprint density at radius 2 is 1.84 bits per heavy atom. The topological polar surface area (TPSA) is 70.1 Å². The molecule has 0 aliphatic carbocycles. The molecule has 1 rings (SSSR count). The zero-order valence-corrected chi connectivity index (χ0v) is 12.4. The largest absolute Gasteiger partial charge is 0.396 e. The molecule has 1 aromatic rings. The van der Waals surface area contributed by atoms with Gasteiger partial charge in [-0.25, -0.2) is 9.97 Å². The Kier molecular flexibility index (Phi) is 6.02. The van der Waals surface area contributed by atoms with Crippen molar-refractivity contribution in [2.75, 3.05) is 30.3 Å². The Hall–Kier alpha value is -1.36. The Morgan fingerprint density at radius 1 is 1.21 bits per heavy atom. The van der Waals surface area contributed by atoms with Crippen molar-refractivity contribution >= 4 is 11.6 Å². The van der Waals surface area contributed by atoms with E-state index in [0.717, 1.165) is 18.2 Å². The first-order valence-corrected chi connectivity index (χ1v) is 6.86. The minimum atomic E-state index is 0.186. The first-order chi connectivity index (χ1) is 8.95. The Balaban J connectivity index is 2.52. The van der Waals surface area contributed by atoms with E-state index in [1.165, 1.54) is 0 Å². The van der Waals surface area contributed by atoms with Gasteiger partial charge in [-0.15, -0.1) is 0 Å². The molecule has 0 fully saturated rings. The van der Waals surface area contributed by atoms with Gasteiger partial charge in [0.1, 0.15) is 18.0 Å². The lowest BCUT2D eigenvalue weighted by Crippen LogP contribution is -2.28. The summed E-state index contributed by atoms with van der Waals surface area (Å²) >= 11 is 0. The van der Waals surface area contributed by atoms with Crippen LogP contribution in [0.25, 0.3) is 0 Å². The number of nitrogens with zero attached hydrogens (tertiary/aromatic N) is 2. The molecule has 0 radical (unpaired) electrons. The van der Waals surface area contributed by atoms with E-state index in [1.54, 1.807) is 6.33 Å². The molecule has 0 aliphatic heterocycles. The van der Waals surface area contributed by atoms with Gasteiger partial charge in [0.25, 0.3) is 0 Å². The quantitative estimate of drug-likeness (QED) is 0.630. The highest BCUT2D eigenvalue weighted by Gasteiger charge is 2.21. The highest BCUT2D eigenvalue weighted by atomic mass is 16.3. The minimum Gasteiger partial charge on any atom is -0.396 e. The van der Waals surface area contributed by atoms with Gasteiger partial charge in [-0.05, 0) is 17.8 Å². The van der Waals surface area contributed by atoms with Crippen molar-refractivity contribution in [2.24, 2.45) is 11.3 Å². The van der Waals surface area contributed by atoms with Crippen molar-refractivity contribution in [3.05, 3.63) is 12.4 Å². The number of aliphatic hydroxyl groups is 1. The van der Waals surface area contributed by atoms with Gasteiger partial charge < -0.3 is 15.7 Å². The van der Waals surface area contributed by atoms with E-state index in [0.29, 0.717) is 18.9 Å². The van der Waals surface area contributed by atoms with Gasteiger partial charge in [-0.3, -0.25) is 0 Å². The number of hydrogen-bond acceptors (Lipinski definition) is 5. The van der Waals surface area contributed by atoms with Crippen LogP contribution < -0.4 is 10.6 Å². The molecular formula is C14H26N4O. The summed E-state index contributed by atoms with van der Waals surface area (Å²) < 4.78 is 0. The van der Waals surface area contributed by atoms with Crippen LogP contribution in [0.1, 0.15) is 34.1 Å². The fourth-order valence-corrected chi connectivity index (χ4v) is 1.37. The molecule has 0 spiro atoms. The number of aromatic nitrogens is 2. The molecule has 0 aliphatic rings. The second-order valence-electron chi connectivity index (χ2n) is 5.79. The molecule has 1 heterocycles. The predicted molar refractivity (Wildman–Crippen MR) is 79.3 cm³/mol. The van der Waals surface area contributed by atoms with Crippen molar-refractivity contribution in [3.63, 3.8) is 0 Å². The highest BCUT2D eigenvalue weighted by Crippen LogP contribution is 2.26. The molecule has 108 valence electrons. The average Bonchev–Trinajstić information content (AvgIpc) is 2.37. The van der Waals surface area contributed by atoms with Crippen LogP contribution in [0.5, 0.6) is 0 Å². The molecule has 0 saturated carbocycles. The van der Waals surface area contributed by atoms with Crippen molar-refractivity contribution < 1.29 is 5.11 Å². The summed E-state index contributed by atoms with van der Waals surface area (Å²) in [7, 11) is 0. The maximum atomic E-state index is 8.74. The van der Waals surface area contributed by atoms with E-state index < -0.39 is 0 Å². The smallest absolute Gasteiger partial charge is 0.131 e. The van der Waals surface area contributed by atoms with Crippen LogP contribution in [0.15, 0.2) is 12.4 Å². The monoisotopic (exact) mass is 266 g/mol. The SMILES string of the molecule is CC(C)C(C)(C)CNc1cc(NCCCO)ncn1. The fourth-order valence-electron chi connectivity index (χ4n) is 1.37. The zero-order chi connectivity index (χ0) is 14.3. The first-order valence-electron chi connectivity index (χ1n) is 6.86. The highest BCUT2D eigenvalue weighted by molar-refractivity contribution is 5.46. The second kappa shape index (κ2) is 7.28. The third-order valence-electron chi connectivity index (χ3n) is 3.60. The van der Waals surface area contributed by atoms with E-state index in [-0.39, 0.29) is 12.0 Å². The summed E-state index contributed by atoms with van der Waals surface area (Å²) in [5.74, 6) is 2.22. The van der Waals surface area contributed by atoms with Crippen LogP contribution in [-0.4, -0.2) is 34.8 Å². The van der Waals surface area contributed by atoms with Crippen LogP contribution in [0.4, 0.5) is 11.6 Å².